The van der Waals surface area contributed by atoms with Crippen LogP contribution in [0.3, 0.4) is 0 Å². The predicted molar refractivity (Wildman–Crippen MR) is 62.0 cm³/mol. The highest BCUT2D eigenvalue weighted by Crippen LogP contribution is 2.19. The summed E-state index contributed by atoms with van der Waals surface area (Å²) in [5, 5.41) is 13.0. The van der Waals surface area contributed by atoms with Crippen molar-refractivity contribution in [2.45, 2.75) is 6.92 Å². The van der Waals surface area contributed by atoms with Crippen LogP contribution in [-0.4, -0.2) is 55.2 Å². The van der Waals surface area contributed by atoms with Gasteiger partial charge in [-0.2, -0.15) is 10.1 Å². The molecular weight excluding hydrogens is 234 g/mol. The van der Waals surface area contributed by atoms with Crippen LogP contribution in [0.25, 0.3) is 5.78 Å². The highest BCUT2D eigenvalue weighted by molar-refractivity contribution is 5.95. The summed E-state index contributed by atoms with van der Waals surface area (Å²) in [6, 6.07) is 0. The Labute approximate surface area is 103 Å². The van der Waals surface area contributed by atoms with Gasteiger partial charge in [0.2, 0.25) is 0 Å². The Morgan fingerprint density at radius 1 is 1.50 bits per heavy atom. The van der Waals surface area contributed by atoms with Crippen LogP contribution < -0.4 is 0 Å². The lowest BCUT2D eigenvalue weighted by Crippen LogP contribution is -2.51. The molecule has 0 aromatic carbocycles. The Bertz CT molecular complexity index is 602. The molecule has 0 saturated carbocycles. The van der Waals surface area contributed by atoms with Crippen LogP contribution in [0, 0.1) is 12.8 Å². The van der Waals surface area contributed by atoms with Crippen LogP contribution in [-0.2, 0) is 0 Å². The quantitative estimate of drug-likeness (QED) is 0.773. The van der Waals surface area contributed by atoms with E-state index >= 15 is 0 Å². The normalized spacial score (nSPS) is 16.0. The molecule has 1 N–H and O–H groups in total. The van der Waals surface area contributed by atoms with Crippen molar-refractivity contribution in [3.63, 3.8) is 0 Å². The Morgan fingerprint density at radius 3 is 3.00 bits per heavy atom. The summed E-state index contributed by atoms with van der Waals surface area (Å²) in [5.41, 5.74) is 1.26. The maximum atomic E-state index is 12.2. The number of carbonyl (C=O) groups is 1. The first-order chi connectivity index (χ1) is 8.70. The summed E-state index contributed by atoms with van der Waals surface area (Å²) in [7, 11) is 0. The zero-order valence-electron chi connectivity index (χ0n) is 9.94. The zero-order valence-corrected chi connectivity index (χ0v) is 9.94. The molecule has 0 spiro atoms. The summed E-state index contributed by atoms with van der Waals surface area (Å²) >= 11 is 0. The number of fused-ring (bicyclic) bond motifs is 1. The number of aliphatic hydroxyl groups is 1. The highest BCUT2D eigenvalue weighted by atomic mass is 16.3. The van der Waals surface area contributed by atoms with E-state index in [9.17, 15) is 4.79 Å². The van der Waals surface area contributed by atoms with Crippen LogP contribution in [0.1, 0.15) is 16.1 Å². The summed E-state index contributed by atoms with van der Waals surface area (Å²) in [6.07, 6.45) is 2.95. The lowest BCUT2D eigenvalue weighted by molar-refractivity contribution is 0.0360. The second-order valence-corrected chi connectivity index (χ2v) is 4.49. The lowest BCUT2D eigenvalue weighted by atomic mass is 10.00. The summed E-state index contributed by atoms with van der Waals surface area (Å²) in [6.45, 7) is 3.15. The molecule has 18 heavy (non-hydrogen) atoms. The van der Waals surface area contributed by atoms with Crippen LogP contribution in [0.15, 0.2) is 12.5 Å². The van der Waals surface area contributed by atoms with Gasteiger partial charge >= 0.3 is 0 Å². The van der Waals surface area contributed by atoms with Crippen LogP contribution >= 0.6 is 0 Å². The first-order valence-electron chi connectivity index (χ1n) is 5.76. The zero-order chi connectivity index (χ0) is 12.7. The summed E-state index contributed by atoms with van der Waals surface area (Å²) in [4.78, 5) is 22.0. The minimum atomic E-state index is -0.0675. The standard InChI is InChI=1S/C11H13N5O2/c1-7-9(2-12-11-13-6-14-16(7)11)10(18)15-3-8(4-15)5-17/h2,6,8,17H,3-5H2,1H3. The number of aliphatic hydroxyl groups excluding tert-OH is 1. The van der Waals surface area contributed by atoms with Gasteiger partial charge in [-0.3, -0.25) is 4.79 Å². The number of rotatable bonds is 2. The lowest BCUT2D eigenvalue weighted by Gasteiger charge is -2.38. The van der Waals surface area contributed by atoms with Crippen molar-refractivity contribution < 1.29 is 9.90 Å². The molecule has 94 valence electrons. The molecule has 1 saturated heterocycles. The van der Waals surface area contributed by atoms with E-state index in [4.69, 9.17) is 5.11 Å². The number of carbonyl (C=O) groups excluding carboxylic acids is 1. The molecule has 1 fully saturated rings. The molecule has 1 aliphatic rings. The second kappa shape index (κ2) is 4.02. The monoisotopic (exact) mass is 247 g/mol. The van der Waals surface area contributed by atoms with Crippen molar-refractivity contribution in [3.05, 3.63) is 23.8 Å². The highest BCUT2D eigenvalue weighted by Gasteiger charge is 2.31. The number of hydrogen-bond donors (Lipinski definition) is 1. The van der Waals surface area contributed by atoms with E-state index < -0.39 is 0 Å². The molecule has 3 heterocycles. The maximum absolute atomic E-state index is 12.2. The van der Waals surface area contributed by atoms with Crippen LogP contribution in [0.4, 0.5) is 0 Å². The number of amides is 1. The fourth-order valence-corrected chi connectivity index (χ4v) is 2.12. The Balaban J connectivity index is 1.90. The van der Waals surface area contributed by atoms with Gasteiger partial charge in [0.15, 0.2) is 0 Å². The summed E-state index contributed by atoms with van der Waals surface area (Å²) in [5.74, 6) is 0.625. The Kier molecular flexibility index (Phi) is 2.48. The third kappa shape index (κ3) is 1.55. The van der Waals surface area contributed by atoms with Crippen molar-refractivity contribution in [1.29, 1.82) is 0 Å². The second-order valence-electron chi connectivity index (χ2n) is 4.49. The first kappa shape index (κ1) is 11.1. The van der Waals surface area contributed by atoms with Gasteiger partial charge < -0.3 is 10.0 Å². The topological polar surface area (TPSA) is 83.6 Å². The van der Waals surface area contributed by atoms with Crippen LogP contribution in [0.5, 0.6) is 0 Å². The van der Waals surface area contributed by atoms with Crippen molar-refractivity contribution in [2.75, 3.05) is 19.7 Å². The first-order valence-corrected chi connectivity index (χ1v) is 5.76. The maximum Gasteiger partial charge on any atom is 0.257 e. The smallest absolute Gasteiger partial charge is 0.257 e. The van der Waals surface area contributed by atoms with Gasteiger partial charge in [0.1, 0.15) is 6.33 Å². The van der Waals surface area contributed by atoms with Crippen molar-refractivity contribution in [1.82, 2.24) is 24.5 Å². The minimum Gasteiger partial charge on any atom is -0.396 e. The molecular formula is C11H13N5O2. The van der Waals surface area contributed by atoms with E-state index in [1.807, 2.05) is 6.92 Å². The molecule has 2 aromatic heterocycles. The third-order valence-electron chi connectivity index (χ3n) is 3.28. The van der Waals surface area contributed by atoms with Gasteiger partial charge in [-0.15, -0.1) is 0 Å². The molecule has 0 atom stereocenters. The number of nitrogens with zero attached hydrogens (tertiary/aromatic N) is 5. The number of likely N-dealkylation sites (tertiary alicyclic amines) is 1. The molecule has 0 radical (unpaired) electrons. The molecule has 7 heteroatoms. The molecule has 1 aliphatic heterocycles. The Morgan fingerprint density at radius 2 is 2.28 bits per heavy atom. The molecule has 0 bridgehead atoms. The van der Waals surface area contributed by atoms with Gasteiger partial charge in [0.05, 0.1) is 11.3 Å². The van der Waals surface area contributed by atoms with E-state index in [0.717, 1.165) is 5.69 Å². The van der Waals surface area contributed by atoms with Crippen molar-refractivity contribution in [2.24, 2.45) is 5.92 Å². The van der Waals surface area contributed by atoms with Gasteiger partial charge in [0.25, 0.3) is 11.7 Å². The molecule has 0 unspecified atom stereocenters. The average Bonchev–Trinajstić information content (AvgIpc) is 2.77. The summed E-state index contributed by atoms with van der Waals surface area (Å²) < 4.78 is 1.55. The molecule has 2 aromatic rings. The molecule has 1 amide bonds. The molecule has 7 nitrogen and oxygen atoms in total. The van der Waals surface area contributed by atoms with E-state index in [0.29, 0.717) is 24.4 Å². The van der Waals surface area contributed by atoms with Crippen molar-refractivity contribution in [3.8, 4) is 0 Å². The van der Waals surface area contributed by atoms with E-state index in [-0.39, 0.29) is 18.4 Å². The van der Waals surface area contributed by atoms with E-state index in [1.54, 1.807) is 9.42 Å². The third-order valence-corrected chi connectivity index (χ3v) is 3.28. The van der Waals surface area contributed by atoms with Crippen molar-refractivity contribution >= 4 is 11.7 Å². The Hall–Kier alpha value is -2.02. The predicted octanol–water partition coefficient (Wildman–Crippen LogP) is -0.503. The largest absolute Gasteiger partial charge is 0.396 e. The van der Waals surface area contributed by atoms with Gasteiger partial charge in [-0.25, -0.2) is 9.50 Å². The SMILES string of the molecule is Cc1c(C(=O)N2CC(CO)C2)cnc2ncnn12. The number of aryl methyl sites for hydroxylation is 1. The number of hydrogen-bond acceptors (Lipinski definition) is 5. The van der Waals surface area contributed by atoms with Gasteiger partial charge in [-0.05, 0) is 6.92 Å². The van der Waals surface area contributed by atoms with Gasteiger partial charge in [-0.1, -0.05) is 0 Å². The fraction of sp³-hybridized carbons (Fsp3) is 0.455. The minimum absolute atomic E-state index is 0.0675. The van der Waals surface area contributed by atoms with E-state index in [1.165, 1.54) is 12.5 Å². The van der Waals surface area contributed by atoms with Gasteiger partial charge in [0, 0.05) is 31.8 Å². The molecule has 0 aliphatic carbocycles. The average molecular weight is 247 g/mol. The fourth-order valence-electron chi connectivity index (χ4n) is 2.12. The number of aromatic nitrogens is 4. The van der Waals surface area contributed by atoms with E-state index in [2.05, 4.69) is 15.1 Å². The molecule has 3 rings (SSSR count). The van der Waals surface area contributed by atoms with Crippen LogP contribution in [0.2, 0.25) is 0 Å².